The van der Waals surface area contributed by atoms with E-state index in [1.54, 1.807) is 4.90 Å². The van der Waals surface area contributed by atoms with Crippen LogP contribution in [0.15, 0.2) is 0 Å². The average molecular weight is 410 g/mol. The summed E-state index contributed by atoms with van der Waals surface area (Å²) >= 11 is 0. The monoisotopic (exact) mass is 409 g/mol. The van der Waals surface area contributed by atoms with Crippen LogP contribution in [0.5, 0.6) is 0 Å². The van der Waals surface area contributed by atoms with Crippen LogP contribution in [-0.2, 0) is 9.59 Å². The molecule has 29 heavy (non-hydrogen) atoms. The van der Waals surface area contributed by atoms with Gasteiger partial charge in [-0.2, -0.15) is 0 Å². The van der Waals surface area contributed by atoms with E-state index in [0.717, 1.165) is 12.8 Å². The molecule has 0 aromatic rings. The average Bonchev–Trinajstić information content (AvgIpc) is 3.25. The third-order valence-corrected chi connectivity index (χ3v) is 7.71. The second-order valence-corrected chi connectivity index (χ2v) is 10.1. The summed E-state index contributed by atoms with van der Waals surface area (Å²) in [5.74, 6) is -0.607. The third-order valence-electron chi connectivity index (χ3n) is 7.71. The normalized spacial score (nSPS) is 34.5. The first-order valence-electron chi connectivity index (χ1n) is 10.6. The van der Waals surface area contributed by atoms with Gasteiger partial charge in [-0.25, -0.2) is 4.79 Å². The van der Waals surface area contributed by atoms with Crippen molar-refractivity contribution in [2.45, 2.75) is 96.5 Å². The molecule has 8 nitrogen and oxygen atoms in total. The first kappa shape index (κ1) is 21.9. The van der Waals surface area contributed by atoms with Gasteiger partial charge in [0.15, 0.2) is 0 Å². The van der Waals surface area contributed by atoms with Gasteiger partial charge in [-0.3, -0.25) is 14.5 Å². The molecule has 3 unspecified atom stereocenters. The summed E-state index contributed by atoms with van der Waals surface area (Å²) in [7, 11) is 0. The number of β-lactam (4-membered cyclic amide) rings is 1. The van der Waals surface area contributed by atoms with Crippen LogP contribution in [0.3, 0.4) is 0 Å². The van der Waals surface area contributed by atoms with E-state index in [-0.39, 0.29) is 17.9 Å². The number of aliphatic hydroxyl groups excluding tert-OH is 1. The molecule has 3 fully saturated rings. The second-order valence-electron chi connectivity index (χ2n) is 10.1. The predicted octanol–water partition coefficient (Wildman–Crippen LogP) is 1.91. The Kier molecular flexibility index (Phi) is 5.17. The summed E-state index contributed by atoms with van der Waals surface area (Å²) in [5.41, 5.74) is -2.66. The molecule has 3 saturated heterocycles. The van der Waals surface area contributed by atoms with Crippen molar-refractivity contribution in [1.82, 2.24) is 14.7 Å². The number of amides is 3. The fraction of sp³-hybridized carbons (Fsp3) is 0.857. The van der Waals surface area contributed by atoms with Crippen molar-refractivity contribution in [2.24, 2.45) is 5.41 Å². The van der Waals surface area contributed by atoms with Gasteiger partial charge in [0, 0.05) is 19.1 Å². The number of nitrogens with zero attached hydrogens (tertiary/aromatic N) is 3. The van der Waals surface area contributed by atoms with Crippen LogP contribution in [0.25, 0.3) is 0 Å². The lowest BCUT2D eigenvalue weighted by atomic mass is 9.54. The summed E-state index contributed by atoms with van der Waals surface area (Å²) in [5, 5.41) is 20.5. The number of hydrogen-bond acceptors (Lipinski definition) is 4. The molecule has 3 aliphatic heterocycles. The fourth-order valence-electron chi connectivity index (χ4n) is 5.88. The predicted molar refractivity (Wildman–Crippen MR) is 107 cm³/mol. The largest absolute Gasteiger partial charge is 0.465 e. The standard InChI is InChI=1S/C21H35N3O5/c1-13-9-10-21(23(13)18(28)29)17(27)24(20(21,6)19(3,4)5)15(14(2)25)16(26)22-11-7-8-12-22/h13-15,25H,7-12H2,1-6H3,(H,28,29)/t13?,14-,15+,20?,21?/m1/s1. The summed E-state index contributed by atoms with van der Waals surface area (Å²) in [6.45, 7) is 12.4. The van der Waals surface area contributed by atoms with Crippen LogP contribution in [0.2, 0.25) is 0 Å². The van der Waals surface area contributed by atoms with Crippen LogP contribution in [0, 0.1) is 5.41 Å². The van der Waals surface area contributed by atoms with Gasteiger partial charge in [0.1, 0.15) is 11.6 Å². The first-order valence-corrected chi connectivity index (χ1v) is 10.6. The van der Waals surface area contributed by atoms with Gasteiger partial charge in [0.25, 0.3) is 5.91 Å². The molecular weight excluding hydrogens is 374 g/mol. The van der Waals surface area contributed by atoms with Crippen LogP contribution in [0.1, 0.15) is 67.2 Å². The smallest absolute Gasteiger partial charge is 0.408 e. The van der Waals surface area contributed by atoms with E-state index in [1.807, 2.05) is 34.6 Å². The molecule has 0 aromatic heterocycles. The van der Waals surface area contributed by atoms with Crippen LogP contribution in [-0.4, -0.2) is 85.2 Å². The van der Waals surface area contributed by atoms with E-state index in [4.69, 9.17) is 0 Å². The van der Waals surface area contributed by atoms with Crippen LogP contribution < -0.4 is 0 Å². The lowest BCUT2D eigenvalue weighted by Crippen LogP contribution is -2.91. The highest BCUT2D eigenvalue weighted by molar-refractivity contribution is 6.02. The topological polar surface area (TPSA) is 101 Å². The van der Waals surface area contributed by atoms with E-state index in [9.17, 15) is 24.6 Å². The van der Waals surface area contributed by atoms with Crippen molar-refractivity contribution >= 4 is 17.9 Å². The number of rotatable bonds is 3. The number of aliphatic hydroxyl groups is 1. The molecule has 0 bridgehead atoms. The highest BCUT2D eigenvalue weighted by Gasteiger charge is 2.79. The van der Waals surface area contributed by atoms with Gasteiger partial charge in [-0.05, 0) is 51.9 Å². The van der Waals surface area contributed by atoms with Gasteiger partial charge in [0.05, 0.1) is 11.6 Å². The van der Waals surface area contributed by atoms with Crippen molar-refractivity contribution in [3.05, 3.63) is 0 Å². The van der Waals surface area contributed by atoms with E-state index in [2.05, 4.69) is 0 Å². The van der Waals surface area contributed by atoms with Crippen LogP contribution >= 0.6 is 0 Å². The molecule has 2 N–H and O–H groups in total. The maximum atomic E-state index is 13.7. The maximum Gasteiger partial charge on any atom is 0.408 e. The molecular formula is C21H35N3O5. The Morgan fingerprint density at radius 2 is 1.76 bits per heavy atom. The third kappa shape index (κ3) is 2.71. The zero-order chi connectivity index (χ0) is 21.9. The van der Waals surface area contributed by atoms with E-state index in [0.29, 0.717) is 25.9 Å². The van der Waals surface area contributed by atoms with Crippen LogP contribution in [0.4, 0.5) is 4.79 Å². The van der Waals surface area contributed by atoms with E-state index in [1.165, 1.54) is 16.7 Å². The zero-order valence-electron chi connectivity index (χ0n) is 18.4. The number of carbonyl (C=O) groups is 3. The highest BCUT2D eigenvalue weighted by Crippen LogP contribution is 2.60. The van der Waals surface area contributed by atoms with Gasteiger partial charge in [0.2, 0.25) is 5.91 Å². The molecule has 1 spiro atoms. The summed E-state index contributed by atoms with van der Waals surface area (Å²) in [6.07, 6.45) is 0.681. The summed E-state index contributed by atoms with van der Waals surface area (Å²) in [4.78, 5) is 43.7. The van der Waals surface area contributed by atoms with Crippen molar-refractivity contribution in [3.8, 4) is 0 Å². The second kappa shape index (κ2) is 6.86. The minimum Gasteiger partial charge on any atom is -0.465 e. The minimum atomic E-state index is -1.21. The lowest BCUT2D eigenvalue weighted by molar-refractivity contribution is -0.225. The van der Waals surface area contributed by atoms with Crippen molar-refractivity contribution in [1.29, 1.82) is 0 Å². The molecule has 0 saturated carbocycles. The summed E-state index contributed by atoms with van der Waals surface area (Å²) in [6, 6.07) is -1.29. The molecule has 3 rings (SSSR count). The number of carboxylic acid groups (broad SMARTS) is 1. The molecule has 3 amide bonds. The Balaban J connectivity index is 2.11. The Bertz CT molecular complexity index is 712. The molecule has 3 heterocycles. The van der Waals surface area contributed by atoms with E-state index >= 15 is 0 Å². The number of carbonyl (C=O) groups excluding carboxylic acids is 2. The lowest BCUT2D eigenvalue weighted by Gasteiger charge is -2.71. The zero-order valence-corrected chi connectivity index (χ0v) is 18.4. The van der Waals surface area contributed by atoms with Gasteiger partial charge in [-0.1, -0.05) is 20.8 Å². The molecule has 0 radical (unpaired) electrons. The molecule has 5 atom stereocenters. The van der Waals surface area contributed by atoms with Crippen molar-refractivity contribution < 1.29 is 24.6 Å². The Morgan fingerprint density at radius 3 is 2.21 bits per heavy atom. The maximum absolute atomic E-state index is 13.7. The quantitative estimate of drug-likeness (QED) is 0.694. The molecule has 0 aliphatic carbocycles. The number of likely N-dealkylation sites (tertiary alicyclic amines) is 3. The Morgan fingerprint density at radius 1 is 1.21 bits per heavy atom. The van der Waals surface area contributed by atoms with E-state index < -0.39 is 34.7 Å². The van der Waals surface area contributed by atoms with Crippen molar-refractivity contribution in [3.63, 3.8) is 0 Å². The summed E-state index contributed by atoms with van der Waals surface area (Å²) < 4.78 is 0. The van der Waals surface area contributed by atoms with Gasteiger partial charge >= 0.3 is 6.09 Å². The molecule has 8 heteroatoms. The molecule has 0 aromatic carbocycles. The Hall–Kier alpha value is -1.83. The van der Waals surface area contributed by atoms with Crippen molar-refractivity contribution in [2.75, 3.05) is 13.1 Å². The SMILES string of the molecule is CC1CCC2(C(=O)N([C@H](C(=O)N3CCCC3)[C@@H](C)O)C2(C)C(C)(C)C)N1C(=O)O. The Labute approximate surface area is 172 Å². The highest BCUT2D eigenvalue weighted by atomic mass is 16.4. The fourth-order valence-corrected chi connectivity index (χ4v) is 5.88. The molecule has 164 valence electrons. The first-order chi connectivity index (χ1) is 13.3. The molecule has 3 aliphatic rings. The van der Waals surface area contributed by atoms with Gasteiger partial charge in [-0.15, -0.1) is 0 Å². The minimum absolute atomic E-state index is 0.246. The number of hydrogen-bond donors (Lipinski definition) is 2. The van der Waals surface area contributed by atoms with Gasteiger partial charge < -0.3 is 20.0 Å².